The van der Waals surface area contributed by atoms with E-state index in [4.69, 9.17) is 0 Å². The second-order valence-corrected chi connectivity index (χ2v) is 6.71. The molecule has 0 amide bonds. The number of carbonyl (C=O) groups excluding carboxylic acids is 1. The van der Waals surface area contributed by atoms with Gasteiger partial charge >= 0.3 is 0 Å². The summed E-state index contributed by atoms with van der Waals surface area (Å²) < 4.78 is 1.33. The van der Waals surface area contributed by atoms with Crippen molar-refractivity contribution >= 4 is 5.78 Å². The Morgan fingerprint density at radius 1 is 1.05 bits per heavy atom. The minimum absolute atomic E-state index is 0.326. The number of rotatable bonds is 6. The first kappa shape index (κ1) is 14.7. The van der Waals surface area contributed by atoms with Crippen molar-refractivity contribution in [3.05, 3.63) is 35.4 Å². The zero-order valence-electron chi connectivity index (χ0n) is 13.2. The first-order chi connectivity index (χ1) is 10.2. The van der Waals surface area contributed by atoms with Crippen LogP contribution in [0.5, 0.6) is 0 Å². The lowest BCUT2D eigenvalue weighted by atomic mass is 10.0. The molecule has 3 fully saturated rings. The third-order valence-corrected chi connectivity index (χ3v) is 5.37. The Morgan fingerprint density at radius 2 is 1.62 bits per heavy atom. The number of hydrogen-bond donors (Lipinski definition) is 0. The number of carbonyl (C=O) groups is 1. The van der Waals surface area contributed by atoms with E-state index in [2.05, 4.69) is 29.2 Å². The van der Waals surface area contributed by atoms with E-state index in [0.29, 0.717) is 18.6 Å². The normalized spacial score (nSPS) is 27.8. The predicted octanol–water partition coefficient (Wildman–Crippen LogP) is 1.90. The highest BCUT2D eigenvalue weighted by Crippen LogP contribution is 2.20. The van der Waals surface area contributed by atoms with Crippen molar-refractivity contribution in [1.29, 1.82) is 0 Å². The average Bonchev–Trinajstić information content (AvgIpc) is 2.56. The molecule has 2 bridgehead atoms. The van der Waals surface area contributed by atoms with Crippen LogP contribution in [0, 0.1) is 0 Å². The monoisotopic (exact) mass is 287 g/mol. The minimum atomic E-state index is 0.326. The van der Waals surface area contributed by atoms with Gasteiger partial charge in [0.05, 0.1) is 26.2 Å². The van der Waals surface area contributed by atoms with Gasteiger partial charge in [-0.3, -0.25) is 9.69 Å². The van der Waals surface area contributed by atoms with Crippen molar-refractivity contribution in [3.63, 3.8) is 0 Å². The average molecular weight is 287 g/mol. The van der Waals surface area contributed by atoms with Crippen molar-refractivity contribution in [2.24, 2.45) is 0 Å². The molecule has 0 aliphatic carbocycles. The summed E-state index contributed by atoms with van der Waals surface area (Å²) in [5.41, 5.74) is 2.58. The summed E-state index contributed by atoms with van der Waals surface area (Å²) in [5, 5.41) is 0. The van der Waals surface area contributed by atoms with Crippen LogP contribution < -0.4 is 0 Å². The van der Waals surface area contributed by atoms with Crippen LogP contribution >= 0.6 is 0 Å². The topological polar surface area (TPSA) is 20.3 Å². The molecule has 3 heterocycles. The van der Waals surface area contributed by atoms with Gasteiger partial charge in [0, 0.05) is 38.9 Å². The molecule has 0 radical (unpaired) electrons. The molecule has 0 aromatic heterocycles. The molecule has 114 valence electrons. The number of quaternary nitrogens is 1. The molecule has 0 saturated carbocycles. The first-order valence-corrected chi connectivity index (χ1v) is 8.36. The zero-order valence-corrected chi connectivity index (χ0v) is 13.2. The Bertz CT molecular complexity index is 473. The lowest BCUT2D eigenvalue weighted by Crippen LogP contribution is -2.67. The molecule has 0 atom stereocenters. The van der Waals surface area contributed by atoms with Crippen LogP contribution in [0.25, 0.3) is 0 Å². The van der Waals surface area contributed by atoms with Crippen LogP contribution in [0.4, 0.5) is 0 Å². The summed E-state index contributed by atoms with van der Waals surface area (Å²) in [6.45, 7) is 11.1. The number of nitrogens with zero attached hydrogens (tertiary/aromatic N) is 2. The number of benzene rings is 1. The van der Waals surface area contributed by atoms with E-state index in [0.717, 1.165) is 5.56 Å². The van der Waals surface area contributed by atoms with Gasteiger partial charge in [-0.25, -0.2) is 0 Å². The fraction of sp³-hybridized carbons (Fsp3) is 0.611. The number of ketones is 1. The van der Waals surface area contributed by atoms with Crippen LogP contribution in [-0.2, 0) is 17.6 Å². The Balaban J connectivity index is 1.54. The van der Waals surface area contributed by atoms with Crippen molar-refractivity contribution in [1.82, 2.24) is 4.90 Å². The van der Waals surface area contributed by atoms with Crippen LogP contribution in [0.15, 0.2) is 24.3 Å². The SMILES string of the molecule is CCC(=O)Cc1ccc(CC[N+]23CCN(CC2)CC3)cc1. The van der Waals surface area contributed by atoms with E-state index < -0.39 is 0 Å². The van der Waals surface area contributed by atoms with E-state index in [1.165, 1.54) is 62.3 Å². The van der Waals surface area contributed by atoms with Gasteiger partial charge in [0.15, 0.2) is 0 Å². The summed E-state index contributed by atoms with van der Waals surface area (Å²) >= 11 is 0. The number of piperazine rings is 3. The molecule has 4 rings (SSSR count). The highest BCUT2D eigenvalue weighted by Gasteiger charge is 2.37. The summed E-state index contributed by atoms with van der Waals surface area (Å²) in [5.74, 6) is 0.326. The summed E-state index contributed by atoms with van der Waals surface area (Å²) in [6.07, 6.45) is 2.40. The van der Waals surface area contributed by atoms with Crippen molar-refractivity contribution in [2.75, 3.05) is 45.8 Å². The third-order valence-electron chi connectivity index (χ3n) is 5.37. The maximum Gasteiger partial charge on any atom is 0.136 e. The molecular formula is C18H27N2O+. The minimum Gasteiger partial charge on any atom is -0.320 e. The molecule has 1 aromatic carbocycles. The van der Waals surface area contributed by atoms with Crippen LogP contribution in [0.3, 0.4) is 0 Å². The predicted molar refractivity (Wildman–Crippen MR) is 85.3 cm³/mol. The summed E-state index contributed by atoms with van der Waals surface area (Å²) in [6, 6.07) is 8.71. The van der Waals surface area contributed by atoms with Crippen LogP contribution in [0.2, 0.25) is 0 Å². The molecule has 1 aromatic rings. The second-order valence-electron chi connectivity index (χ2n) is 6.71. The van der Waals surface area contributed by atoms with E-state index in [-0.39, 0.29) is 0 Å². The van der Waals surface area contributed by atoms with Gasteiger partial charge in [-0.05, 0) is 11.1 Å². The summed E-state index contributed by atoms with van der Waals surface area (Å²) in [7, 11) is 0. The maximum absolute atomic E-state index is 11.5. The highest BCUT2D eigenvalue weighted by molar-refractivity contribution is 5.80. The van der Waals surface area contributed by atoms with E-state index in [9.17, 15) is 4.79 Å². The first-order valence-electron chi connectivity index (χ1n) is 8.36. The van der Waals surface area contributed by atoms with Gasteiger partial charge in [-0.2, -0.15) is 0 Å². The lowest BCUT2D eigenvalue weighted by Gasteiger charge is -2.50. The fourth-order valence-corrected chi connectivity index (χ4v) is 3.61. The van der Waals surface area contributed by atoms with Crippen molar-refractivity contribution in [3.8, 4) is 0 Å². The molecule has 0 N–H and O–H groups in total. The molecule has 21 heavy (non-hydrogen) atoms. The summed E-state index contributed by atoms with van der Waals surface area (Å²) in [4.78, 5) is 14.1. The molecule has 3 heteroatoms. The molecule has 0 spiro atoms. The fourth-order valence-electron chi connectivity index (χ4n) is 3.61. The number of hydrogen-bond acceptors (Lipinski definition) is 2. The molecular weight excluding hydrogens is 260 g/mol. The lowest BCUT2D eigenvalue weighted by molar-refractivity contribution is -0.940. The Hall–Kier alpha value is -1.19. The van der Waals surface area contributed by atoms with Crippen LogP contribution in [0.1, 0.15) is 24.5 Å². The molecule has 3 aliphatic rings. The molecule has 3 saturated heterocycles. The van der Waals surface area contributed by atoms with E-state index in [1.807, 2.05) is 6.92 Å². The van der Waals surface area contributed by atoms with E-state index in [1.54, 1.807) is 0 Å². The smallest absolute Gasteiger partial charge is 0.136 e. The highest BCUT2D eigenvalue weighted by atomic mass is 16.1. The van der Waals surface area contributed by atoms with Crippen LogP contribution in [-0.4, -0.2) is 61.0 Å². The maximum atomic E-state index is 11.5. The number of Topliss-reactive ketones (excluding diaryl/α,β-unsaturated/α-hetero) is 1. The van der Waals surface area contributed by atoms with Gasteiger partial charge < -0.3 is 4.48 Å². The molecule has 0 unspecified atom stereocenters. The Labute approximate surface area is 128 Å². The third kappa shape index (κ3) is 3.53. The van der Waals surface area contributed by atoms with Gasteiger partial charge in [-0.1, -0.05) is 31.2 Å². The van der Waals surface area contributed by atoms with Gasteiger partial charge in [-0.15, -0.1) is 0 Å². The molecule has 3 aliphatic heterocycles. The van der Waals surface area contributed by atoms with E-state index >= 15 is 0 Å². The Morgan fingerprint density at radius 3 is 2.19 bits per heavy atom. The quantitative estimate of drug-likeness (QED) is 0.745. The van der Waals surface area contributed by atoms with Crippen molar-refractivity contribution in [2.45, 2.75) is 26.2 Å². The standard InChI is InChI=1S/C18H27N2O/c1-2-18(21)15-17-5-3-16(4-6-17)7-11-20-12-8-19(9-13-20)10-14-20/h3-6H,2,7-15H2,1H3/q+1. The second kappa shape index (κ2) is 6.29. The van der Waals surface area contributed by atoms with Gasteiger partial charge in [0.2, 0.25) is 0 Å². The zero-order chi connectivity index (χ0) is 14.7. The van der Waals surface area contributed by atoms with Crippen molar-refractivity contribution < 1.29 is 9.28 Å². The van der Waals surface area contributed by atoms with Gasteiger partial charge in [0.1, 0.15) is 5.78 Å². The Kier molecular flexibility index (Phi) is 4.41. The largest absolute Gasteiger partial charge is 0.320 e. The van der Waals surface area contributed by atoms with Gasteiger partial charge in [0.25, 0.3) is 0 Å². The number of fused-ring (bicyclic) bond motifs is 3. The molecule has 3 nitrogen and oxygen atoms in total.